The monoisotopic (exact) mass is 757 g/mol. The molecule has 280 valence electrons. The summed E-state index contributed by atoms with van der Waals surface area (Å²) >= 11 is 0. The third-order valence-corrected chi connectivity index (χ3v) is 12.3. The topological polar surface area (TPSA) is 47.4 Å². The minimum atomic E-state index is 1.08. The van der Waals surface area contributed by atoms with Crippen LogP contribution in [0.25, 0.3) is 110 Å². The third-order valence-electron chi connectivity index (χ3n) is 12.3. The molecule has 0 saturated heterocycles. The fraction of sp³-hybridized carbons (Fsp3) is 0.0714. The second kappa shape index (κ2) is 13.6. The number of hydrogen-bond acceptors (Lipinski definition) is 0. The molecule has 3 heterocycles. The van der Waals surface area contributed by atoms with Crippen LogP contribution < -0.4 is 0 Å². The Balaban J connectivity index is 1.53. The smallest absolute Gasteiger partial charge is 0.134 e. The highest BCUT2D eigenvalue weighted by Gasteiger charge is 2.27. The lowest BCUT2D eigenvalue weighted by Crippen LogP contribution is -1.89. The molecule has 0 fully saturated rings. The van der Waals surface area contributed by atoms with Gasteiger partial charge in [-0.25, -0.2) is 0 Å². The largest absolute Gasteiger partial charge is 0.340 e. The van der Waals surface area contributed by atoms with Crippen LogP contribution in [0.1, 0.15) is 22.3 Å². The van der Waals surface area contributed by atoms with E-state index in [-0.39, 0.29) is 0 Å². The highest BCUT2D eigenvalue weighted by Crippen LogP contribution is 2.47. The van der Waals surface area contributed by atoms with Crippen molar-refractivity contribution < 1.29 is 0 Å². The molecule has 11 aromatic rings. The number of aromatic nitrogens is 3. The van der Waals surface area contributed by atoms with Gasteiger partial charge in [0.2, 0.25) is 0 Å². The Labute approximate surface area is 343 Å². The van der Waals surface area contributed by atoms with E-state index in [0.29, 0.717) is 0 Å². The lowest BCUT2D eigenvalue weighted by atomic mass is 9.92. The fourth-order valence-electron chi connectivity index (χ4n) is 9.26. The second-order valence-electron chi connectivity index (χ2n) is 16.2. The molecule has 0 unspecified atom stereocenters. The van der Waals surface area contributed by atoms with Crippen LogP contribution in [0.15, 0.2) is 170 Å². The first-order valence-corrected chi connectivity index (χ1v) is 20.5. The lowest BCUT2D eigenvalue weighted by molar-refractivity contribution is 1.45. The van der Waals surface area contributed by atoms with E-state index in [1.54, 1.807) is 0 Å². The van der Waals surface area contributed by atoms with Gasteiger partial charge in [0.05, 0.1) is 43.7 Å². The van der Waals surface area contributed by atoms with Crippen molar-refractivity contribution in [2.45, 2.75) is 27.7 Å². The van der Waals surface area contributed by atoms with E-state index in [0.717, 1.165) is 77.6 Å². The number of benzene rings is 7. The third kappa shape index (κ3) is 5.65. The van der Waals surface area contributed by atoms with Crippen LogP contribution in [0.2, 0.25) is 0 Å². The summed E-state index contributed by atoms with van der Waals surface area (Å²) in [4.78, 5) is 12.5. The summed E-state index contributed by atoms with van der Waals surface area (Å²) in [6.07, 6.45) is 0. The Morgan fingerprint density at radius 1 is 0.288 bits per heavy atom. The van der Waals surface area contributed by atoms with Crippen LogP contribution in [-0.4, -0.2) is 15.0 Å². The minimum absolute atomic E-state index is 1.08. The van der Waals surface area contributed by atoms with Gasteiger partial charge in [0.1, 0.15) is 33.2 Å². The van der Waals surface area contributed by atoms with Gasteiger partial charge in [0.25, 0.3) is 0 Å². The number of aromatic amines is 3. The number of H-pyrrole nitrogens is 3. The van der Waals surface area contributed by atoms with Crippen LogP contribution in [0.3, 0.4) is 0 Å². The maximum absolute atomic E-state index is 4.19. The summed E-state index contributed by atoms with van der Waals surface area (Å²) in [5.41, 5.74) is 20.5. The highest BCUT2D eigenvalue weighted by atomic mass is 14.8. The molecule has 3 N–H and O–H groups in total. The SMILES string of the molecule is Cc1ccc(-c2c(-c3ccc(C)cc3)c3[nH]c(c4ccccc34)[c+](-c3ccc(C)cc3)c3[nH]c(c4ccccc43)[c+](-c3ccc(C)cc3)c3[nH]c2c2ccccc23)cc1. The fourth-order valence-corrected chi connectivity index (χ4v) is 9.26. The number of nitrogens with one attached hydrogen (secondary N) is 3. The Bertz CT molecular complexity index is 3250. The zero-order chi connectivity index (χ0) is 39.8. The summed E-state index contributed by atoms with van der Waals surface area (Å²) < 4.78 is 0. The Hall–Kier alpha value is -7.36. The maximum Gasteiger partial charge on any atom is 0.134 e. The standard InChI is InChI=1S/C56H43N3/c1-33-17-25-37(26-18-33)47-48(38-27-19-34(2)20-28-38)52-42-12-6-8-14-44(42)54(58-52)50(40-31-23-36(4)24-32-40)56-46-16-10-9-15-45(46)55(59-56)49(39-29-21-35(3)22-30-39)53-43-13-7-5-11-41(43)51(47)57-53/h5-32,57-59H,1-4H3/q+2. The average molecular weight is 758 g/mol. The van der Waals surface area contributed by atoms with Gasteiger partial charge < -0.3 is 15.0 Å². The molecule has 11 rings (SSSR count). The molecule has 8 aromatic carbocycles. The molecule has 0 saturated carbocycles. The predicted octanol–water partition coefficient (Wildman–Crippen LogP) is 15.6. The Morgan fingerprint density at radius 2 is 0.559 bits per heavy atom. The van der Waals surface area contributed by atoms with Gasteiger partial charge >= 0.3 is 0 Å². The molecular formula is C56H43N3+2. The average Bonchev–Trinajstić information content (AvgIpc) is 3.95. The first-order chi connectivity index (χ1) is 28.9. The summed E-state index contributed by atoms with van der Waals surface area (Å²) in [6, 6.07) is 62.8. The predicted molar refractivity (Wildman–Crippen MR) is 253 cm³/mol. The van der Waals surface area contributed by atoms with E-state index < -0.39 is 0 Å². The van der Waals surface area contributed by atoms with Crippen molar-refractivity contribution in [1.82, 2.24) is 15.0 Å². The Kier molecular flexibility index (Phi) is 8.06. The molecule has 0 aliphatic carbocycles. The zero-order valence-corrected chi connectivity index (χ0v) is 33.7. The number of aryl methyl sites for hydroxylation is 4. The van der Waals surface area contributed by atoms with Gasteiger partial charge in [-0.2, -0.15) is 0 Å². The molecule has 3 nitrogen and oxygen atoms in total. The van der Waals surface area contributed by atoms with E-state index in [1.165, 1.54) is 54.6 Å². The van der Waals surface area contributed by atoms with Crippen molar-refractivity contribution in [3.8, 4) is 44.5 Å². The van der Waals surface area contributed by atoms with E-state index in [1.807, 2.05) is 0 Å². The summed E-state index contributed by atoms with van der Waals surface area (Å²) in [5.74, 6) is 0. The maximum atomic E-state index is 4.19. The van der Waals surface area contributed by atoms with E-state index in [4.69, 9.17) is 0 Å². The van der Waals surface area contributed by atoms with Gasteiger partial charge in [-0.3, -0.25) is 0 Å². The van der Waals surface area contributed by atoms with Gasteiger partial charge in [0, 0.05) is 46.2 Å². The first kappa shape index (κ1) is 34.9. The first-order valence-electron chi connectivity index (χ1n) is 20.5. The lowest BCUT2D eigenvalue weighted by Gasteiger charge is -2.12. The van der Waals surface area contributed by atoms with Crippen LogP contribution in [0, 0.1) is 27.7 Å². The van der Waals surface area contributed by atoms with E-state index in [9.17, 15) is 0 Å². The molecule has 0 aliphatic heterocycles. The van der Waals surface area contributed by atoms with E-state index in [2.05, 4.69) is 213 Å². The Morgan fingerprint density at radius 3 is 0.898 bits per heavy atom. The summed E-state index contributed by atoms with van der Waals surface area (Å²) in [7, 11) is 0. The minimum Gasteiger partial charge on any atom is -0.340 e. The molecule has 0 radical (unpaired) electrons. The molecule has 3 heteroatoms. The van der Waals surface area contributed by atoms with Gasteiger partial charge in [-0.15, -0.1) is 0 Å². The van der Waals surface area contributed by atoms with Crippen LogP contribution >= 0.6 is 0 Å². The molecule has 0 atom stereocenters. The van der Waals surface area contributed by atoms with Gasteiger partial charge in [-0.1, -0.05) is 96.1 Å². The van der Waals surface area contributed by atoms with Crippen molar-refractivity contribution in [1.29, 1.82) is 0 Å². The van der Waals surface area contributed by atoms with Crippen molar-refractivity contribution in [3.63, 3.8) is 0 Å². The molecule has 0 amide bonds. The molecular weight excluding hydrogens is 715 g/mol. The van der Waals surface area contributed by atoms with Crippen LogP contribution in [0.4, 0.5) is 0 Å². The summed E-state index contributed by atoms with van der Waals surface area (Å²) in [6.45, 7) is 8.64. The number of rotatable bonds is 4. The molecule has 0 spiro atoms. The van der Waals surface area contributed by atoms with Crippen LogP contribution in [-0.2, 0) is 0 Å². The van der Waals surface area contributed by atoms with Crippen molar-refractivity contribution >= 4 is 65.4 Å². The molecule has 59 heavy (non-hydrogen) atoms. The molecule has 0 aliphatic rings. The second-order valence-corrected chi connectivity index (χ2v) is 16.2. The van der Waals surface area contributed by atoms with Crippen molar-refractivity contribution in [2.24, 2.45) is 0 Å². The molecule has 3 aromatic heterocycles. The molecule has 6 bridgehead atoms. The van der Waals surface area contributed by atoms with Gasteiger partial charge in [0.15, 0.2) is 0 Å². The van der Waals surface area contributed by atoms with Crippen molar-refractivity contribution in [2.75, 3.05) is 0 Å². The quantitative estimate of drug-likeness (QED) is 0.150. The van der Waals surface area contributed by atoms with E-state index >= 15 is 0 Å². The summed E-state index contributed by atoms with van der Waals surface area (Å²) in [5, 5.41) is 7.02. The number of hydrogen-bond donors (Lipinski definition) is 3. The van der Waals surface area contributed by atoms with Crippen molar-refractivity contribution in [3.05, 3.63) is 192 Å². The highest BCUT2D eigenvalue weighted by molar-refractivity contribution is 6.26. The van der Waals surface area contributed by atoms with Gasteiger partial charge in [-0.05, 0) is 111 Å². The van der Waals surface area contributed by atoms with Crippen LogP contribution in [0.5, 0.6) is 0 Å². The zero-order valence-electron chi connectivity index (χ0n) is 33.7. The normalized spacial score (nSPS) is 11.7.